The second-order valence-corrected chi connectivity index (χ2v) is 3.60. The van der Waals surface area contributed by atoms with E-state index in [0.717, 1.165) is 5.75 Å². The summed E-state index contributed by atoms with van der Waals surface area (Å²) in [5.41, 5.74) is 4.11. The first-order valence-electron chi connectivity index (χ1n) is 5.01. The largest absolute Gasteiger partial charge is 0.497 e. The van der Waals surface area contributed by atoms with Crippen LogP contribution in [-0.4, -0.2) is 7.11 Å². The van der Waals surface area contributed by atoms with Crippen molar-refractivity contribution < 1.29 is 4.74 Å². The predicted octanol–water partition coefficient (Wildman–Crippen LogP) is 3.67. The van der Waals surface area contributed by atoms with Gasteiger partial charge in [0.2, 0.25) is 0 Å². The summed E-state index contributed by atoms with van der Waals surface area (Å²) in [4.78, 5) is 0. The van der Waals surface area contributed by atoms with E-state index in [2.05, 4.69) is 31.2 Å². The van der Waals surface area contributed by atoms with Gasteiger partial charge in [0, 0.05) is 0 Å². The van der Waals surface area contributed by atoms with Crippen LogP contribution in [0.1, 0.15) is 5.56 Å². The van der Waals surface area contributed by atoms with E-state index >= 15 is 0 Å². The second-order valence-electron chi connectivity index (χ2n) is 3.60. The van der Waals surface area contributed by atoms with Crippen molar-refractivity contribution in [2.45, 2.75) is 6.92 Å². The molecule has 3 rings (SSSR count). The van der Waals surface area contributed by atoms with Crippen LogP contribution in [-0.2, 0) is 0 Å². The highest BCUT2D eigenvalue weighted by atomic mass is 16.5. The van der Waals surface area contributed by atoms with Gasteiger partial charge in [-0.25, -0.2) is 0 Å². The van der Waals surface area contributed by atoms with Crippen LogP contribution in [0.5, 0.6) is 5.75 Å². The van der Waals surface area contributed by atoms with Gasteiger partial charge in [0.05, 0.1) is 7.11 Å². The molecule has 0 amide bonds. The van der Waals surface area contributed by atoms with E-state index in [0.29, 0.717) is 0 Å². The van der Waals surface area contributed by atoms with E-state index in [1.54, 1.807) is 7.11 Å². The number of ether oxygens (including phenoxy) is 1. The number of rotatable bonds is 1. The zero-order chi connectivity index (χ0) is 10.7. The molecule has 0 fully saturated rings. The quantitative estimate of drug-likeness (QED) is 0.579. The zero-order valence-corrected chi connectivity index (χ0v) is 9.03. The van der Waals surface area contributed by atoms with E-state index in [1.165, 1.54) is 16.7 Å². The molecular formula is C14H14O. The van der Waals surface area contributed by atoms with Gasteiger partial charge in [0.1, 0.15) is 5.75 Å². The van der Waals surface area contributed by atoms with Crippen LogP contribution in [0.3, 0.4) is 0 Å². The molecule has 1 nitrogen and oxygen atoms in total. The lowest BCUT2D eigenvalue weighted by molar-refractivity contribution is 0.414. The molecule has 2 aliphatic rings. The van der Waals surface area contributed by atoms with E-state index in [4.69, 9.17) is 4.74 Å². The van der Waals surface area contributed by atoms with Crippen molar-refractivity contribution >= 4 is 0 Å². The predicted molar refractivity (Wildman–Crippen MR) is 63.2 cm³/mol. The first kappa shape index (κ1) is 9.78. The number of hydrogen-bond donors (Lipinski definition) is 0. The maximum Gasteiger partial charge on any atom is 0.118 e. The molecule has 0 N–H and O–H groups in total. The average molecular weight is 198 g/mol. The lowest BCUT2D eigenvalue weighted by Gasteiger charge is -1.97. The molecule has 0 heterocycles. The smallest absolute Gasteiger partial charge is 0.118 e. The number of benzene rings is 2. The van der Waals surface area contributed by atoms with Crippen molar-refractivity contribution in [2.75, 3.05) is 7.11 Å². The third-order valence-electron chi connectivity index (χ3n) is 2.37. The van der Waals surface area contributed by atoms with Crippen LogP contribution >= 0.6 is 0 Å². The Kier molecular flexibility index (Phi) is 2.72. The highest BCUT2D eigenvalue weighted by Crippen LogP contribution is 2.32. The Morgan fingerprint density at radius 1 is 0.867 bits per heavy atom. The van der Waals surface area contributed by atoms with Gasteiger partial charge < -0.3 is 4.74 Å². The molecule has 0 bridgehead atoms. The minimum atomic E-state index is 0.917. The lowest BCUT2D eigenvalue weighted by atomic mass is 10.2. The molecule has 0 radical (unpaired) electrons. The Hall–Kier alpha value is -1.76. The van der Waals surface area contributed by atoms with Gasteiger partial charge in [-0.1, -0.05) is 35.9 Å². The molecule has 0 saturated carbocycles. The third-order valence-corrected chi connectivity index (χ3v) is 2.37. The highest BCUT2D eigenvalue weighted by Gasteiger charge is 2.06. The fourth-order valence-electron chi connectivity index (χ4n) is 1.35. The number of methoxy groups -OCH3 is 1. The number of aryl methyl sites for hydroxylation is 1. The molecule has 1 heteroatoms. The van der Waals surface area contributed by atoms with Crippen molar-refractivity contribution in [3.8, 4) is 16.9 Å². The van der Waals surface area contributed by atoms with Crippen LogP contribution in [0, 0.1) is 6.92 Å². The summed E-state index contributed by atoms with van der Waals surface area (Å²) in [7, 11) is 1.67. The Bertz CT molecular complexity index is 426. The summed E-state index contributed by atoms with van der Waals surface area (Å²) in [5, 5.41) is 0. The minimum Gasteiger partial charge on any atom is -0.497 e. The zero-order valence-electron chi connectivity index (χ0n) is 9.03. The first-order chi connectivity index (χ1) is 7.29. The Morgan fingerprint density at radius 3 is 1.80 bits per heavy atom. The van der Waals surface area contributed by atoms with E-state index < -0.39 is 0 Å². The second kappa shape index (κ2) is 4.18. The normalized spacial score (nSPS) is 10.0. The highest BCUT2D eigenvalue weighted by molar-refractivity contribution is 5.80. The van der Waals surface area contributed by atoms with Crippen molar-refractivity contribution in [3.05, 3.63) is 54.1 Å². The van der Waals surface area contributed by atoms with Gasteiger partial charge in [-0.15, -0.1) is 0 Å². The Balaban J connectivity index is 0.000000121. The van der Waals surface area contributed by atoms with Crippen LogP contribution < -0.4 is 4.74 Å². The van der Waals surface area contributed by atoms with Gasteiger partial charge >= 0.3 is 0 Å². The number of fused-ring (bicyclic) bond motifs is 1. The third kappa shape index (κ3) is 2.59. The summed E-state index contributed by atoms with van der Waals surface area (Å²) in [6.45, 7) is 2.06. The fourth-order valence-corrected chi connectivity index (χ4v) is 1.35. The van der Waals surface area contributed by atoms with Crippen molar-refractivity contribution in [1.29, 1.82) is 0 Å². The van der Waals surface area contributed by atoms with Crippen molar-refractivity contribution in [1.82, 2.24) is 0 Å². The molecule has 0 spiro atoms. The fraction of sp³-hybridized carbons (Fsp3) is 0.143. The molecular weight excluding hydrogens is 184 g/mol. The maximum atomic E-state index is 4.97. The molecule has 0 atom stereocenters. The molecule has 0 aliphatic heterocycles. The Labute approximate surface area is 90.3 Å². The summed E-state index contributed by atoms with van der Waals surface area (Å²) in [6.07, 6.45) is 0. The van der Waals surface area contributed by atoms with Crippen molar-refractivity contribution in [2.24, 2.45) is 0 Å². The first-order valence-corrected chi connectivity index (χ1v) is 5.01. The topological polar surface area (TPSA) is 9.23 Å². The molecule has 1 aromatic rings. The van der Waals surface area contributed by atoms with Gasteiger partial charge in [0.25, 0.3) is 0 Å². The van der Waals surface area contributed by atoms with Crippen LogP contribution in [0.2, 0.25) is 0 Å². The lowest BCUT2D eigenvalue weighted by Crippen LogP contribution is -1.80. The van der Waals surface area contributed by atoms with Gasteiger partial charge in [0.15, 0.2) is 0 Å². The van der Waals surface area contributed by atoms with E-state index in [9.17, 15) is 0 Å². The molecule has 1 aromatic carbocycles. The molecule has 2 aliphatic carbocycles. The minimum absolute atomic E-state index is 0.917. The van der Waals surface area contributed by atoms with Gasteiger partial charge in [-0.05, 0) is 36.2 Å². The Morgan fingerprint density at radius 2 is 1.47 bits per heavy atom. The van der Waals surface area contributed by atoms with Crippen LogP contribution in [0.4, 0.5) is 0 Å². The maximum absolute atomic E-state index is 4.97. The van der Waals surface area contributed by atoms with Gasteiger partial charge in [-0.2, -0.15) is 0 Å². The molecule has 0 saturated heterocycles. The van der Waals surface area contributed by atoms with Crippen LogP contribution in [0.15, 0.2) is 48.5 Å². The number of hydrogen-bond acceptors (Lipinski definition) is 1. The molecule has 0 unspecified atom stereocenters. The monoisotopic (exact) mass is 198 g/mol. The van der Waals surface area contributed by atoms with E-state index in [1.807, 2.05) is 24.3 Å². The summed E-state index contributed by atoms with van der Waals surface area (Å²) in [5.74, 6) is 0.917. The average Bonchev–Trinajstić information content (AvgIpc) is 2.88. The molecule has 0 aromatic heterocycles. The summed E-state index contributed by atoms with van der Waals surface area (Å²) in [6, 6.07) is 16.4. The SMILES string of the molecule is COc1ccc(C)cc1.c1cc2cc-2c1. The standard InChI is InChI=1S/C8H10O.C6H4/c1-7-3-5-8(9-2)6-4-7;1-2-5-4-6(5)3-1/h3-6H,1-2H3;1-4H. The molecule has 76 valence electrons. The van der Waals surface area contributed by atoms with Crippen molar-refractivity contribution in [3.63, 3.8) is 0 Å². The van der Waals surface area contributed by atoms with Crippen LogP contribution in [0.25, 0.3) is 11.1 Å². The van der Waals surface area contributed by atoms with Gasteiger partial charge in [-0.3, -0.25) is 0 Å². The summed E-state index contributed by atoms with van der Waals surface area (Å²) >= 11 is 0. The molecule has 15 heavy (non-hydrogen) atoms. The van der Waals surface area contributed by atoms with E-state index in [-0.39, 0.29) is 0 Å². The summed E-state index contributed by atoms with van der Waals surface area (Å²) < 4.78 is 4.97.